The maximum absolute atomic E-state index is 13.2. The van der Waals surface area contributed by atoms with Crippen LogP contribution >= 0.6 is 11.3 Å². The van der Waals surface area contributed by atoms with Gasteiger partial charge in [-0.05, 0) is 43.3 Å². The Balaban J connectivity index is 2.26. The molecule has 0 amide bonds. The average molecular weight is 267 g/mol. The van der Waals surface area contributed by atoms with Crippen LogP contribution in [0.2, 0.25) is 0 Å². The van der Waals surface area contributed by atoms with E-state index in [9.17, 15) is 8.78 Å². The van der Waals surface area contributed by atoms with Gasteiger partial charge < -0.3 is 5.32 Å². The molecule has 0 bridgehead atoms. The lowest BCUT2D eigenvalue weighted by molar-refractivity contribution is 0.509. The van der Waals surface area contributed by atoms with Crippen LogP contribution in [0.25, 0.3) is 10.4 Å². The third-order valence-electron chi connectivity index (χ3n) is 2.77. The zero-order valence-corrected chi connectivity index (χ0v) is 11.2. The molecule has 0 aliphatic heterocycles. The second-order valence-electron chi connectivity index (χ2n) is 4.11. The Kier molecular flexibility index (Phi) is 4.09. The molecule has 1 unspecified atom stereocenters. The van der Waals surface area contributed by atoms with Crippen molar-refractivity contribution in [1.82, 2.24) is 5.32 Å². The maximum Gasteiger partial charge on any atom is 0.159 e. The van der Waals surface area contributed by atoms with Gasteiger partial charge in [-0.2, -0.15) is 0 Å². The largest absolute Gasteiger partial charge is 0.310 e. The van der Waals surface area contributed by atoms with Crippen LogP contribution < -0.4 is 5.32 Å². The van der Waals surface area contributed by atoms with Gasteiger partial charge in [-0.3, -0.25) is 0 Å². The first-order valence-corrected chi connectivity index (χ1v) is 6.72. The molecule has 1 aromatic heterocycles. The number of hydrogen-bond donors (Lipinski definition) is 1. The molecule has 0 radical (unpaired) electrons. The summed E-state index contributed by atoms with van der Waals surface area (Å²) in [6, 6.07) is 8.25. The van der Waals surface area contributed by atoms with Crippen LogP contribution in [0.5, 0.6) is 0 Å². The summed E-state index contributed by atoms with van der Waals surface area (Å²) in [4.78, 5) is 2.14. The highest BCUT2D eigenvalue weighted by Gasteiger charge is 2.10. The topological polar surface area (TPSA) is 12.0 Å². The number of thiophene rings is 1. The molecule has 1 atom stereocenters. The Hall–Kier alpha value is -1.26. The first-order chi connectivity index (χ1) is 8.61. The second-order valence-corrected chi connectivity index (χ2v) is 5.23. The Bertz CT molecular complexity index is 536. The molecule has 1 heterocycles. The van der Waals surface area contributed by atoms with Crippen molar-refractivity contribution in [3.05, 3.63) is 46.8 Å². The van der Waals surface area contributed by atoms with E-state index in [1.165, 1.54) is 10.9 Å². The van der Waals surface area contributed by atoms with Gasteiger partial charge in [0.25, 0.3) is 0 Å². The summed E-state index contributed by atoms with van der Waals surface area (Å²) in [5.74, 6) is -1.61. The molecule has 18 heavy (non-hydrogen) atoms. The van der Waals surface area contributed by atoms with Crippen molar-refractivity contribution in [3.63, 3.8) is 0 Å². The number of hydrogen-bond acceptors (Lipinski definition) is 2. The Labute approximate surface area is 109 Å². The fourth-order valence-electron chi connectivity index (χ4n) is 1.80. The number of nitrogens with one attached hydrogen (secondary N) is 1. The van der Waals surface area contributed by atoms with Crippen LogP contribution in [-0.4, -0.2) is 6.54 Å². The smallest absolute Gasteiger partial charge is 0.159 e. The molecule has 0 aliphatic carbocycles. The van der Waals surface area contributed by atoms with E-state index in [1.54, 1.807) is 17.4 Å². The highest BCUT2D eigenvalue weighted by Crippen LogP contribution is 2.31. The van der Waals surface area contributed by atoms with E-state index in [0.717, 1.165) is 17.5 Å². The van der Waals surface area contributed by atoms with Crippen molar-refractivity contribution in [2.75, 3.05) is 6.54 Å². The van der Waals surface area contributed by atoms with E-state index in [2.05, 4.69) is 19.2 Å². The predicted molar refractivity (Wildman–Crippen MR) is 71.8 cm³/mol. The fourth-order valence-corrected chi connectivity index (χ4v) is 2.83. The molecule has 0 spiro atoms. The van der Waals surface area contributed by atoms with Gasteiger partial charge in [0.15, 0.2) is 11.6 Å². The average Bonchev–Trinajstić information content (AvgIpc) is 2.82. The van der Waals surface area contributed by atoms with E-state index in [1.807, 2.05) is 12.1 Å². The van der Waals surface area contributed by atoms with Crippen LogP contribution in [0.1, 0.15) is 24.8 Å². The molecule has 2 rings (SSSR count). The normalized spacial score (nSPS) is 12.7. The minimum atomic E-state index is -0.809. The van der Waals surface area contributed by atoms with Crippen molar-refractivity contribution in [1.29, 1.82) is 0 Å². The molecular formula is C14H15F2NS. The van der Waals surface area contributed by atoms with Gasteiger partial charge in [-0.15, -0.1) is 11.3 Å². The Morgan fingerprint density at radius 2 is 1.94 bits per heavy atom. The van der Waals surface area contributed by atoms with E-state index in [4.69, 9.17) is 0 Å². The summed E-state index contributed by atoms with van der Waals surface area (Å²) < 4.78 is 26.0. The van der Waals surface area contributed by atoms with E-state index in [0.29, 0.717) is 5.56 Å². The number of rotatable bonds is 4. The minimum Gasteiger partial charge on any atom is -0.310 e. The number of benzene rings is 1. The highest BCUT2D eigenvalue weighted by atomic mass is 32.1. The maximum atomic E-state index is 13.2. The third-order valence-corrected chi connectivity index (χ3v) is 4.09. The first-order valence-electron chi connectivity index (χ1n) is 5.90. The molecule has 96 valence electrons. The van der Waals surface area contributed by atoms with Gasteiger partial charge in [0, 0.05) is 15.8 Å². The zero-order chi connectivity index (χ0) is 13.1. The molecule has 4 heteroatoms. The molecule has 1 aromatic carbocycles. The first kappa shape index (κ1) is 13.2. The SMILES string of the molecule is CCNC(C)c1ccc(-c2ccc(F)c(F)c2)s1. The highest BCUT2D eigenvalue weighted by molar-refractivity contribution is 7.15. The van der Waals surface area contributed by atoms with Gasteiger partial charge >= 0.3 is 0 Å². The molecule has 0 fully saturated rings. The van der Waals surface area contributed by atoms with Crippen molar-refractivity contribution in [2.24, 2.45) is 0 Å². The lowest BCUT2D eigenvalue weighted by Gasteiger charge is -2.09. The summed E-state index contributed by atoms with van der Waals surface area (Å²) in [5, 5.41) is 3.32. The van der Waals surface area contributed by atoms with Crippen molar-refractivity contribution in [2.45, 2.75) is 19.9 Å². The molecule has 1 nitrogen and oxygen atoms in total. The van der Waals surface area contributed by atoms with E-state index in [-0.39, 0.29) is 6.04 Å². The van der Waals surface area contributed by atoms with Crippen LogP contribution in [-0.2, 0) is 0 Å². The summed E-state index contributed by atoms with van der Waals surface area (Å²) in [6.07, 6.45) is 0. The molecular weight excluding hydrogens is 252 g/mol. The van der Waals surface area contributed by atoms with Gasteiger partial charge in [-0.25, -0.2) is 8.78 Å². The van der Waals surface area contributed by atoms with Crippen LogP contribution in [0, 0.1) is 11.6 Å². The summed E-state index contributed by atoms with van der Waals surface area (Å²) in [5.41, 5.74) is 0.717. The van der Waals surface area contributed by atoms with E-state index >= 15 is 0 Å². The molecule has 0 aliphatic rings. The summed E-state index contributed by atoms with van der Waals surface area (Å²) >= 11 is 1.60. The fraction of sp³-hybridized carbons (Fsp3) is 0.286. The number of halogens is 2. The summed E-state index contributed by atoms with van der Waals surface area (Å²) in [6.45, 7) is 5.05. The Morgan fingerprint density at radius 3 is 2.61 bits per heavy atom. The Morgan fingerprint density at radius 1 is 1.17 bits per heavy atom. The molecule has 0 saturated carbocycles. The quantitative estimate of drug-likeness (QED) is 0.867. The molecule has 2 aromatic rings. The van der Waals surface area contributed by atoms with Gasteiger partial charge in [0.05, 0.1) is 0 Å². The minimum absolute atomic E-state index is 0.277. The molecule has 0 saturated heterocycles. The molecule has 1 N–H and O–H groups in total. The van der Waals surface area contributed by atoms with Gasteiger partial charge in [-0.1, -0.05) is 13.0 Å². The summed E-state index contributed by atoms with van der Waals surface area (Å²) in [7, 11) is 0. The third kappa shape index (κ3) is 2.76. The van der Waals surface area contributed by atoms with Crippen molar-refractivity contribution >= 4 is 11.3 Å². The predicted octanol–water partition coefficient (Wildman–Crippen LogP) is 4.36. The zero-order valence-electron chi connectivity index (χ0n) is 10.3. The van der Waals surface area contributed by atoms with Crippen LogP contribution in [0.15, 0.2) is 30.3 Å². The second kappa shape index (κ2) is 5.59. The van der Waals surface area contributed by atoms with Crippen LogP contribution in [0.3, 0.4) is 0 Å². The monoisotopic (exact) mass is 267 g/mol. The lowest BCUT2D eigenvalue weighted by Crippen LogP contribution is -2.16. The van der Waals surface area contributed by atoms with E-state index < -0.39 is 11.6 Å². The van der Waals surface area contributed by atoms with Gasteiger partial charge in [0.1, 0.15) is 0 Å². The van der Waals surface area contributed by atoms with Crippen LogP contribution in [0.4, 0.5) is 8.78 Å². The lowest BCUT2D eigenvalue weighted by atomic mass is 10.2. The van der Waals surface area contributed by atoms with Crippen molar-refractivity contribution in [3.8, 4) is 10.4 Å². The van der Waals surface area contributed by atoms with Crippen molar-refractivity contribution < 1.29 is 8.78 Å². The standard InChI is InChI=1S/C14H15F2NS/c1-3-17-9(2)13-6-7-14(18-13)10-4-5-11(15)12(16)8-10/h4-9,17H,3H2,1-2H3. The van der Waals surface area contributed by atoms with Gasteiger partial charge in [0.2, 0.25) is 0 Å².